The van der Waals surface area contributed by atoms with Crippen LogP contribution in [0.15, 0.2) is 36.5 Å². The number of hydroxylamine groups is 1. The number of hydrogen-bond donors (Lipinski definition) is 1. The molecule has 4 rings (SSSR count). The second-order valence-corrected chi connectivity index (χ2v) is 7.42. The molecular formula is C21H23F2N5O4. The van der Waals surface area contributed by atoms with Gasteiger partial charge in [-0.05, 0) is 12.1 Å². The van der Waals surface area contributed by atoms with Gasteiger partial charge in [0.1, 0.15) is 11.8 Å². The Morgan fingerprint density at radius 2 is 2.00 bits per heavy atom. The molecule has 1 atom stereocenters. The van der Waals surface area contributed by atoms with Crippen LogP contribution in [0.5, 0.6) is 0 Å². The smallest absolute Gasteiger partial charge is 0.414 e. The Hall–Kier alpha value is -3.47. The molecule has 2 aliphatic rings. The zero-order chi connectivity index (χ0) is 22.7. The fraction of sp³-hybridized carbons (Fsp3) is 0.381. The highest BCUT2D eigenvalue weighted by Gasteiger charge is 2.34. The Labute approximate surface area is 183 Å². The number of halogens is 2. The number of carbonyl (C=O) groups is 2. The molecule has 9 nitrogen and oxygen atoms in total. The number of rotatable bonds is 5. The van der Waals surface area contributed by atoms with Gasteiger partial charge in [0.2, 0.25) is 5.91 Å². The van der Waals surface area contributed by atoms with E-state index in [1.54, 1.807) is 28.3 Å². The number of pyridine rings is 1. The normalized spacial score (nSPS) is 19.0. The van der Waals surface area contributed by atoms with Crippen molar-refractivity contribution in [1.82, 2.24) is 10.3 Å². The molecule has 32 heavy (non-hydrogen) atoms. The largest absolute Gasteiger partial charge is 0.442 e. The molecule has 1 aromatic heterocycles. The minimum Gasteiger partial charge on any atom is -0.442 e. The van der Waals surface area contributed by atoms with Crippen molar-refractivity contribution >= 4 is 29.2 Å². The SMILES string of the molecule is CC(=O)NC[C@H]1CN(c2cc(F)c(N3CCON(c4ccccn4)CC3)c(F)c2)C(=O)O1. The Balaban J connectivity index is 1.47. The van der Waals surface area contributed by atoms with Crippen molar-refractivity contribution < 1.29 is 27.9 Å². The minimum atomic E-state index is -0.788. The van der Waals surface area contributed by atoms with Crippen molar-refractivity contribution in [2.24, 2.45) is 0 Å². The first-order valence-electron chi connectivity index (χ1n) is 10.2. The van der Waals surface area contributed by atoms with Crippen molar-refractivity contribution in [1.29, 1.82) is 0 Å². The zero-order valence-electron chi connectivity index (χ0n) is 17.5. The molecule has 2 aromatic rings. The minimum absolute atomic E-state index is 0.0558. The molecule has 11 heteroatoms. The fourth-order valence-corrected chi connectivity index (χ4v) is 3.66. The van der Waals surface area contributed by atoms with Crippen LogP contribution >= 0.6 is 0 Å². The summed E-state index contributed by atoms with van der Waals surface area (Å²) < 4.78 is 35.2. The molecule has 2 amide bonds. The number of anilines is 3. The van der Waals surface area contributed by atoms with Gasteiger partial charge in [-0.2, -0.15) is 0 Å². The summed E-state index contributed by atoms with van der Waals surface area (Å²) >= 11 is 0. The van der Waals surface area contributed by atoms with Gasteiger partial charge in [-0.1, -0.05) is 6.07 Å². The van der Waals surface area contributed by atoms with Gasteiger partial charge in [-0.3, -0.25) is 14.5 Å². The van der Waals surface area contributed by atoms with Gasteiger partial charge in [0.15, 0.2) is 17.5 Å². The molecule has 2 fully saturated rings. The summed E-state index contributed by atoms with van der Waals surface area (Å²) in [6, 6.07) is 7.64. The molecule has 0 bridgehead atoms. The monoisotopic (exact) mass is 447 g/mol. The maximum atomic E-state index is 15.0. The van der Waals surface area contributed by atoms with Gasteiger partial charge in [0, 0.05) is 38.3 Å². The van der Waals surface area contributed by atoms with Gasteiger partial charge in [-0.25, -0.2) is 23.6 Å². The van der Waals surface area contributed by atoms with Gasteiger partial charge < -0.3 is 15.0 Å². The van der Waals surface area contributed by atoms with Gasteiger partial charge in [-0.15, -0.1) is 0 Å². The van der Waals surface area contributed by atoms with E-state index in [-0.39, 0.29) is 43.5 Å². The number of benzene rings is 1. The molecule has 170 valence electrons. The second kappa shape index (κ2) is 9.35. The lowest BCUT2D eigenvalue weighted by Gasteiger charge is -2.24. The number of hydrogen-bond acceptors (Lipinski definition) is 7. The van der Waals surface area contributed by atoms with Crippen molar-refractivity contribution in [3.05, 3.63) is 48.2 Å². The van der Waals surface area contributed by atoms with Crippen molar-refractivity contribution in [2.75, 3.05) is 54.2 Å². The number of amides is 2. The lowest BCUT2D eigenvalue weighted by atomic mass is 10.2. The van der Waals surface area contributed by atoms with Crippen LogP contribution in [0, 0.1) is 11.6 Å². The summed E-state index contributed by atoms with van der Waals surface area (Å²) in [5.41, 5.74) is -0.122. The molecule has 0 aliphatic carbocycles. The van der Waals surface area contributed by atoms with E-state index in [1.807, 2.05) is 6.07 Å². The molecule has 2 saturated heterocycles. The van der Waals surface area contributed by atoms with Crippen LogP contribution in [0.3, 0.4) is 0 Å². The van der Waals surface area contributed by atoms with Crippen LogP contribution < -0.4 is 20.2 Å². The third-order valence-corrected chi connectivity index (χ3v) is 5.17. The maximum Gasteiger partial charge on any atom is 0.414 e. The highest BCUT2D eigenvalue weighted by molar-refractivity contribution is 5.90. The highest BCUT2D eigenvalue weighted by Crippen LogP contribution is 2.31. The molecule has 0 saturated carbocycles. The molecule has 0 unspecified atom stereocenters. The Morgan fingerprint density at radius 3 is 2.69 bits per heavy atom. The topological polar surface area (TPSA) is 87.2 Å². The Kier molecular flexibility index (Phi) is 6.35. The standard InChI is InChI=1S/C21H23F2N5O4/c1-14(29)25-12-16-13-27(21(30)32-16)15-10-17(22)20(18(23)11-15)26-6-7-28(31-9-8-26)19-4-2-3-5-24-19/h2-5,10-11,16H,6-9,12-13H2,1H3,(H,25,29)/t16-/m0/s1. The van der Waals surface area contributed by atoms with E-state index in [1.165, 1.54) is 6.92 Å². The molecule has 1 N–H and O–H groups in total. The van der Waals surface area contributed by atoms with Crippen molar-refractivity contribution in [3.63, 3.8) is 0 Å². The molecule has 2 aliphatic heterocycles. The number of carbonyl (C=O) groups excluding carboxylic acids is 2. The van der Waals surface area contributed by atoms with Crippen LogP contribution in [-0.4, -0.2) is 62.4 Å². The Bertz CT molecular complexity index is 970. The summed E-state index contributed by atoms with van der Waals surface area (Å²) in [6.45, 7) is 2.73. The third kappa shape index (κ3) is 4.72. The summed E-state index contributed by atoms with van der Waals surface area (Å²) in [4.78, 5) is 35.8. The van der Waals surface area contributed by atoms with Crippen LogP contribution in [0.25, 0.3) is 0 Å². The van der Waals surface area contributed by atoms with E-state index < -0.39 is 23.8 Å². The van der Waals surface area contributed by atoms with Crippen LogP contribution in [-0.2, 0) is 14.4 Å². The molecule has 0 radical (unpaired) electrons. The molecule has 0 spiro atoms. The number of aromatic nitrogens is 1. The van der Waals surface area contributed by atoms with E-state index >= 15 is 0 Å². The number of ether oxygens (including phenoxy) is 1. The Morgan fingerprint density at radius 1 is 1.22 bits per heavy atom. The zero-order valence-corrected chi connectivity index (χ0v) is 17.5. The number of nitrogens with one attached hydrogen (secondary N) is 1. The predicted octanol–water partition coefficient (Wildman–Crippen LogP) is 2.08. The summed E-state index contributed by atoms with van der Waals surface area (Å²) in [7, 11) is 0. The lowest BCUT2D eigenvalue weighted by Crippen LogP contribution is -2.33. The fourth-order valence-electron chi connectivity index (χ4n) is 3.66. The predicted molar refractivity (Wildman–Crippen MR) is 112 cm³/mol. The van der Waals surface area contributed by atoms with E-state index in [9.17, 15) is 18.4 Å². The third-order valence-electron chi connectivity index (χ3n) is 5.17. The van der Waals surface area contributed by atoms with E-state index in [4.69, 9.17) is 9.57 Å². The van der Waals surface area contributed by atoms with Gasteiger partial charge >= 0.3 is 6.09 Å². The number of nitrogens with zero attached hydrogens (tertiary/aromatic N) is 4. The molecule has 3 heterocycles. The maximum absolute atomic E-state index is 15.0. The van der Waals surface area contributed by atoms with Crippen LogP contribution in [0.2, 0.25) is 0 Å². The lowest BCUT2D eigenvalue weighted by molar-refractivity contribution is -0.119. The first-order valence-corrected chi connectivity index (χ1v) is 10.2. The second-order valence-electron chi connectivity index (χ2n) is 7.42. The first kappa shape index (κ1) is 21.8. The first-order chi connectivity index (χ1) is 15.4. The molecule has 1 aromatic carbocycles. The highest BCUT2D eigenvalue weighted by atomic mass is 19.1. The van der Waals surface area contributed by atoms with Crippen LogP contribution in [0.1, 0.15) is 6.92 Å². The number of cyclic esters (lactones) is 1. The van der Waals surface area contributed by atoms with Gasteiger partial charge in [0.25, 0.3) is 0 Å². The van der Waals surface area contributed by atoms with Crippen LogP contribution in [0.4, 0.5) is 30.8 Å². The summed E-state index contributed by atoms with van der Waals surface area (Å²) in [6.07, 6.45) is 0.322. The summed E-state index contributed by atoms with van der Waals surface area (Å²) in [5.74, 6) is -1.22. The van der Waals surface area contributed by atoms with Crippen molar-refractivity contribution in [3.8, 4) is 0 Å². The van der Waals surface area contributed by atoms with E-state index in [0.29, 0.717) is 18.9 Å². The average molecular weight is 447 g/mol. The van der Waals surface area contributed by atoms with Crippen molar-refractivity contribution in [2.45, 2.75) is 13.0 Å². The average Bonchev–Trinajstić information content (AvgIpc) is 2.98. The van der Waals surface area contributed by atoms with E-state index in [2.05, 4.69) is 10.3 Å². The van der Waals surface area contributed by atoms with Gasteiger partial charge in [0.05, 0.1) is 31.9 Å². The van der Waals surface area contributed by atoms with E-state index in [0.717, 1.165) is 17.0 Å². The summed E-state index contributed by atoms with van der Waals surface area (Å²) in [5, 5.41) is 4.16. The molecular weight excluding hydrogens is 424 g/mol. The quantitative estimate of drug-likeness (QED) is 0.751.